The minimum absolute atomic E-state index is 0.0229. The Hall–Kier alpha value is -2.08. The maximum absolute atomic E-state index is 12.9. The monoisotopic (exact) mass is 371 g/mol. The van der Waals surface area contributed by atoms with Crippen LogP contribution in [0.15, 0.2) is 24.3 Å². The number of hydrogen-bond acceptors (Lipinski definition) is 4. The lowest BCUT2D eigenvalue weighted by Crippen LogP contribution is -2.54. The predicted molar refractivity (Wildman–Crippen MR) is 103 cm³/mol. The van der Waals surface area contributed by atoms with Gasteiger partial charge in [0.15, 0.2) is 0 Å². The number of fused-ring (bicyclic) bond motifs is 1. The lowest BCUT2D eigenvalue weighted by molar-refractivity contribution is -0.134. The van der Waals surface area contributed by atoms with Crippen LogP contribution in [0, 0.1) is 5.92 Å². The van der Waals surface area contributed by atoms with Crippen molar-refractivity contribution in [1.29, 1.82) is 0 Å². The lowest BCUT2D eigenvalue weighted by Gasteiger charge is -2.36. The van der Waals surface area contributed by atoms with Crippen LogP contribution in [-0.4, -0.2) is 67.0 Å². The number of carbonyl (C=O) groups excluding carboxylic acids is 2. The molecule has 3 atom stereocenters. The Morgan fingerprint density at radius 3 is 2.33 bits per heavy atom. The van der Waals surface area contributed by atoms with Gasteiger partial charge in [0, 0.05) is 37.8 Å². The molecule has 4 rings (SSSR count). The molecule has 0 bridgehead atoms. The third-order valence-electron chi connectivity index (χ3n) is 6.38. The molecule has 1 aliphatic carbocycles. The van der Waals surface area contributed by atoms with E-state index in [0.29, 0.717) is 43.7 Å². The zero-order chi connectivity index (χ0) is 18.8. The molecule has 6 heteroatoms. The van der Waals surface area contributed by atoms with E-state index in [1.165, 1.54) is 25.7 Å². The van der Waals surface area contributed by atoms with Crippen molar-refractivity contribution < 1.29 is 14.3 Å². The van der Waals surface area contributed by atoms with E-state index in [1.54, 1.807) is 31.4 Å². The molecular formula is C21H29N3O3. The van der Waals surface area contributed by atoms with E-state index in [-0.39, 0.29) is 17.9 Å². The molecule has 3 unspecified atom stereocenters. The molecule has 2 amide bonds. The molecule has 146 valence electrons. The van der Waals surface area contributed by atoms with Gasteiger partial charge in [0.1, 0.15) is 5.75 Å². The molecule has 3 aliphatic rings. The molecule has 0 radical (unpaired) electrons. The molecular weight excluding hydrogens is 342 g/mol. The minimum Gasteiger partial charge on any atom is -0.497 e. The first kappa shape index (κ1) is 18.3. The maximum atomic E-state index is 12.9. The zero-order valence-corrected chi connectivity index (χ0v) is 16.0. The molecule has 0 spiro atoms. The van der Waals surface area contributed by atoms with E-state index >= 15 is 0 Å². The van der Waals surface area contributed by atoms with Crippen LogP contribution in [0.5, 0.6) is 5.75 Å². The summed E-state index contributed by atoms with van der Waals surface area (Å²) in [6, 6.07) is 7.70. The Bertz CT molecular complexity index is 668. The van der Waals surface area contributed by atoms with E-state index in [9.17, 15) is 9.59 Å². The third kappa shape index (κ3) is 3.81. The first-order valence-corrected chi connectivity index (χ1v) is 10.1. The van der Waals surface area contributed by atoms with E-state index in [1.807, 2.05) is 9.80 Å². The Morgan fingerprint density at radius 2 is 1.67 bits per heavy atom. The normalized spacial score (nSPS) is 28.0. The summed E-state index contributed by atoms with van der Waals surface area (Å²) in [5.41, 5.74) is 0.664. The average molecular weight is 371 g/mol. The number of carbonyl (C=O) groups is 2. The van der Waals surface area contributed by atoms with Crippen LogP contribution in [-0.2, 0) is 4.79 Å². The summed E-state index contributed by atoms with van der Waals surface area (Å²) in [4.78, 5) is 29.4. The number of benzene rings is 1. The number of ether oxygens (including phenoxy) is 1. The molecule has 1 saturated carbocycles. The van der Waals surface area contributed by atoms with Crippen LogP contribution in [0.25, 0.3) is 0 Å². The Labute approximate surface area is 160 Å². The fourth-order valence-electron chi connectivity index (χ4n) is 4.78. The molecule has 6 nitrogen and oxygen atoms in total. The number of rotatable bonds is 3. The zero-order valence-electron chi connectivity index (χ0n) is 16.0. The molecule has 2 aliphatic heterocycles. The number of amides is 2. The van der Waals surface area contributed by atoms with Crippen LogP contribution in [0.2, 0.25) is 0 Å². The molecule has 2 heterocycles. The molecule has 2 saturated heterocycles. The molecule has 1 N–H and O–H groups in total. The Kier molecular flexibility index (Phi) is 5.34. The second kappa shape index (κ2) is 7.89. The summed E-state index contributed by atoms with van der Waals surface area (Å²) in [5.74, 6) is 1.66. The van der Waals surface area contributed by atoms with Gasteiger partial charge in [-0.2, -0.15) is 0 Å². The Balaban J connectivity index is 1.30. The van der Waals surface area contributed by atoms with Crippen molar-refractivity contribution in [3.05, 3.63) is 29.8 Å². The summed E-state index contributed by atoms with van der Waals surface area (Å²) < 4.78 is 5.14. The third-order valence-corrected chi connectivity index (χ3v) is 6.38. The van der Waals surface area contributed by atoms with Gasteiger partial charge in [-0.05, 0) is 49.4 Å². The number of hydrogen-bond donors (Lipinski definition) is 1. The molecule has 27 heavy (non-hydrogen) atoms. The van der Waals surface area contributed by atoms with E-state index < -0.39 is 0 Å². The highest BCUT2D eigenvalue weighted by molar-refractivity contribution is 5.94. The van der Waals surface area contributed by atoms with Crippen LogP contribution in [0.4, 0.5) is 0 Å². The quantitative estimate of drug-likeness (QED) is 0.882. The highest BCUT2D eigenvalue weighted by Crippen LogP contribution is 2.33. The first-order valence-electron chi connectivity index (χ1n) is 10.1. The largest absolute Gasteiger partial charge is 0.497 e. The van der Waals surface area contributed by atoms with Crippen LogP contribution in [0.3, 0.4) is 0 Å². The fourth-order valence-corrected chi connectivity index (χ4v) is 4.78. The van der Waals surface area contributed by atoms with Gasteiger partial charge in [0.25, 0.3) is 5.91 Å². The topological polar surface area (TPSA) is 61.9 Å². The van der Waals surface area contributed by atoms with Crippen molar-refractivity contribution in [1.82, 2.24) is 15.1 Å². The average Bonchev–Trinajstić information content (AvgIpc) is 3.17. The van der Waals surface area contributed by atoms with Gasteiger partial charge in [0.2, 0.25) is 5.91 Å². The van der Waals surface area contributed by atoms with Gasteiger partial charge < -0.3 is 19.9 Å². The summed E-state index contributed by atoms with van der Waals surface area (Å²) in [6.07, 6.45) is 6.02. The predicted octanol–water partition coefficient (Wildman–Crippen LogP) is 1.90. The molecule has 3 fully saturated rings. The van der Waals surface area contributed by atoms with Gasteiger partial charge in [-0.15, -0.1) is 0 Å². The standard InChI is InChI=1S/C21H29N3O3/c1-27-17-8-6-15(7-9-17)20(25)23-10-12-24(13-11-23)21(26)19-14-16-4-2-3-5-18(16)22-19/h6-9,16,18-19,22H,2-5,10-14H2,1H3. The van der Waals surface area contributed by atoms with Gasteiger partial charge in [0.05, 0.1) is 13.2 Å². The van der Waals surface area contributed by atoms with Crippen molar-refractivity contribution in [3.63, 3.8) is 0 Å². The Morgan fingerprint density at radius 1 is 1.00 bits per heavy atom. The van der Waals surface area contributed by atoms with Crippen LogP contribution in [0.1, 0.15) is 42.5 Å². The van der Waals surface area contributed by atoms with Crippen molar-refractivity contribution in [3.8, 4) is 5.75 Å². The van der Waals surface area contributed by atoms with Crippen LogP contribution >= 0.6 is 0 Å². The van der Waals surface area contributed by atoms with E-state index in [2.05, 4.69) is 5.32 Å². The van der Waals surface area contributed by atoms with E-state index in [0.717, 1.165) is 12.2 Å². The number of methoxy groups -OCH3 is 1. The second-order valence-electron chi connectivity index (χ2n) is 7.95. The maximum Gasteiger partial charge on any atom is 0.253 e. The minimum atomic E-state index is -0.0260. The summed E-state index contributed by atoms with van der Waals surface area (Å²) >= 11 is 0. The van der Waals surface area contributed by atoms with Crippen LogP contribution < -0.4 is 10.1 Å². The highest BCUT2D eigenvalue weighted by atomic mass is 16.5. The van der Waals surface area contributed by atoms with Crippen molar-refractivity contribution in [2.75, 3.05) is 33.3 Å². The fraction of sp³-hybridized carbons (Fsp3) is 0.619. The number of piperazine rings is 1. The van der Waals surface area contributed by atoms with Gasteiger partial charge in [-0.3, -0.25) is 9.59 Å². The summed E-state index contributed by atoms with van der Waals surface area (Å²) in [5, 5.41) is 3.58. The first-order chi connectivity index (χ1) is 13.2. The summed E-state index contributed by atoms with van der Waals surface area (Å²) in [7, 11) is 1.61. The highest BCUT2D eigenvalue weighted by Gasteiger charge is 2.40. The van der Waals surface area contributed by atoms with Crippen molar-refractivity contribution in [2.45, 2.75) is 44.2 Å². The number of nitrogens with one attached hydrogen (secondary N) is 1. The summed E-state index contributed by atoms with van der Waals surface area (Å²) in [6.45, 7) is 2.43. The van der Waals surface area contributed by atoms with Crippen molar-refractivity contribution >= 4 is 11.8 Å². The van der Waals surface area contributed by atoms with Gasteiger partial charge in [-0.1, -0.05) is 12.8 Å². The second-order valence-corrected chi connectivity index (χ2v) is 7.95. The SMILES string of the molecule is COc1ccc(C(=O)N2CCN(C(=O)C3CC4CCCCC4N3)CC2)cc1. The lowest BCUT2D eigenvalue weighted by atomic mass is 9.85. The molecule has 1 aromatic rings. The smallest absolute Gasteiger partial charge is 0.253 e. The van der Waals surface area contributed by atoms with Gasteiger partial charge in [-0.25, -0.2) is 0 Å². The van der Waals surface area contributed by atoms with E-state index in [4.69, 9.17) is 4.74 Å². The number of nitrogens with zero attached hydrogens (tertiary/aromatic N) is 2. The molecule has 1 aromatic carbocycles. The van der Waals surface area contributed by atoms with Crippen molar-refractivity contribution in [2.24, 2.45) is 5.92 Å². The molecule has 0 aromatic heterocycles. The van der Waals surface area contributed by atoms with Gasteiger partial charge >= 0.3 is 0 Å².